The zero-order valence-corrected chi connectivity index (χ0v) is 14.8. The van der Waals surface area contributed by atoms with Gasteiger partial charge in [-0.3, -0.25) is 0 Å². The van der Waals surface area contributed by atoms with Crippen molar-refractivity contribution in [2.75, 3.05) is 10.6 Å². The molecule has 5 heteroatoms. The van der Waals surface area contributed by atoms with E-state index in [9.17, 15) is 0 Å². The fourth-order valence-electron chi connectivity index (χ4n) is 3.37. The Morgan fingerprint density at radius 3 is 2.48 bits per heavy atom. The lowest BCUT2D eigenvalue weighted by Crippen LogP contribution is -2.23. The zero-order chi connectivity index (χ0) is 17.1. The van der Waals surface area contributed by atoms with Crippen molar-refractivity contribution in [3.8, 4) is 0 Å². The summed E-state index contributed by atoms with van der Waals surface area (Å²) in [5.74, 6) is 1.46. The molecule has 0 bridgehead atoms. The van der Waals surface area contributed by atoms with Gasteiger partial charge in [-0.15, -0.1) is 0 Å². The Hall–Kier alpha value is -2.33. The smallest absolute Gasteiger partial charge is 0.229 e. The van der Waals surface area contributed by atoms with E-state index >= 15 is 0 Å². The van der Waals surface area contributed by atoms with Crippen LogP contribution in [0.2, 0.25) is 5.02 Å². The molecule has 3 aromatic rings. The standard InChI is InChI=1S/C20H21ClN4/c21-16-11-5-7-13-18(16)24-20-23-17-12-6-4-10-15(17)19(25-20)22-14-8-2-1-3-9-14/h4-7,10-14H,1-3,8-9H2,(H2,22,23,24,25). The largest absolute Gasteiger partial charge is 0.367 e. The maximum Gasteiger partial charge on any atom is 0.229 e. The van der Waals surface area contributed by atoms with Crippen LogP contribution in [0.4, 0.5) is 17.5 Å². The average molecular weight is 353 g/mol. The van der Waals surface area contributed by atoms with Gasteiger partial charge < -0.3 is 10.6 Å². The number of hydrogen-bond donors (Lipinski definition) is 2. The van der Waals surface area contributed by atoms with Gasteiger partial charge in [0, 0.05) is 11.4 Å². The van der Waals surface area contributed by atoms with Crippen LogP contribution in [0.3, 0.4) is 0 Å². The minimum Gasteiger partial charge on any atom is -0.367 e. The van der Waals surface area contributed by atoms with Crippen LogP contribution in [0.1, 0.15) is 32.1 Å². The normalized spacial score (nSPS) is 15.2. The highest BCUT2D eigenvalue weighted by molar-refractivity contribution is 6.33. The highest BCUT2D eigenvalue weighted by atomic mass is 35.5. The second-order valence-corrected chi connectivity index (χ2v) is 6.90. The molecule has 1 aliphatic carbocycles. The van der Waals surface area contributed by atoms with Crippen molar-refractivity contribution < 1.29 is 0 Å². The Kier molecular flexibility index (Phi) is 4.70. The molecule has 0 radical (unpaired) electrons. The van der Waals surface area contributed by atoms with Gasteiger partial charge in [0.15, 0.2) is 0 Å². The second-order valence-electron chi connectivity index (χ2n) is 6.50. The average Bonchev–Trinajstić information content (AvgIpc) is 2.65. The number of aromatic nitrogens is 2. The van der Waals surface area contributed by atoms with E-state index < -0.39 is 0 Å². The maximum absolute atomic E-state index is 6.25. The van der Waals surface area contributed by atoms with Gasteiger partial charge in [-0.1, -0.05) is 55.1 Å². The molecule has 4 nitrogen and oxygen atoms in total. The Morgan fingerprint density at radius 1 is 0.880 bits per heavy atom. The van der Waals surface area contributed by atoms with E-state index in [1.807, 2.05) is 42.5 Å². The summed E-state index contributed by atoms with van der Waals surface area (Å²) in [4.78, 5) is 9.38. The van der Waals surface area contributed by atoms with Crippen molar-refractivity contribution in [2.45, 2.75) is 38.1 Å². The summed E-state index contributed by atoms with van der Waals surface area (Å²) in [6, 6.07) is 16.2. The molecule has 25 heavy (non-hydrogen) atoms. The van der Waals surface area contributed by atoms with E-state index in [-0.39, 0.29) is 0 Å². The van der Waals surface area contributed by atoms with Crippen LogP contribution in [0.15, 0.2) is 48.5 Å². The van der Waals surface area contributed by atoms with Gasteiger partial charge in [0.2, 0.25) is 5.95 Å². The number of anilines is 3. The van der Waals surface area contributed by atoms with Crippen molar-refractivity contribution in [3.05, 3.63) is 53.6 Å². The molecule has 0 saturated heterocycles. The number of para-hydroxylation sites is 2. The lowest BCUT2D eigenvalue weighted by Gasteiger charge is -2.24. The SMILES string of the molecule is Clc1ccccc1Nc1nc(NC2CCCCC2)c2ccccc2n1. The van der Waals surface area contributed by atoms with E-state index in [2.05, 4.69) is 21.7 Å². The first-order valence-corrected chi connectivity index (χ1v) is 9.22. The van der Waals surface area contributed by atoms with Gasteiger partial charge in [0.1, 0.15) is 5.82 Å². The third kappa shape index (κ3) is 3.69. The number of rotatable bonds is 4. The van der Waals surface area contributed by atoms with Crippen molar-refractivity contribution in [3.63, 3.8) is 0 Å². The molecule has 1 saturated carbocycles. The molecule has 2 aromatic carbocycles. The molecule has 1 aromatic heterocycles. The second kappa shape index (κ2) is 7.28. The van der Waals surface area contributed by atoms with Gasteiger partial charge >= 0.3 is 0 Å². The Labute approximate surface area is 152 Å². The van der Waals surface area contributed by atoms with E-state index in [0.29, 0.717) is 17.0 Å². The van der Waals surface area contributed by atoms with E-state index in [1.165, 1.54) is 32.1 Å². The summed E-state index contributed by atoms with van der Waals surface area (Å²) in [5, 5.41) is 8.60. The van der Waals surface area contributed by atoms with Gasteiger partial charge in [0.05, 0.1) is 16.2 Å². The van der Waals surface area contributed by atoms with Gasteiger partial charge in [-0.05, 0) is 37.1 Å². The molecule has 1 fully saturated rings. The fraction of sp³-hybridized carbons (Fsp3) is 0.300. The molecule has 0 aliphatic heterocycles. The van der Waals surface area contributed by atoms with Crippen LogP contribution < -0.4 is 10.6 Å². The highest BCUT2D eigenvalue weighted by Gasteiger charge is 2.16. The minimum atomic E-state index is 0.486. The van der Waals surface area contributed by atoms with Gasteiger partial charge in [0.25, 0.3) is 0 Å². The van der Waals surface area contributed by atoms with E-state index in [4.69, 9.17) is 16.6 Å². The van der Waals surface area contributed by atoms with Crippen LogP contribution >= 0.6 is 11.6 Å². The first-order chi connectivity index (χ1) is 12.3. The van der Waals surface area contributed by atoms with E-state index in [0.717, 1.165) is 22.4 Å². The quantitative estimate of drug-likeness (QED) is 0.625. The molecule has 0 atom stereocenters. The van der Waals surface area contributed by atoms with Gasteiger partial charge in [-0.2, -0.15) is 4.98 Å². The Morgan fingerprint density at radius 2 is 1.64 bits per heavy atom. The summed E-state index contributed by atoms with van der Waals surface area (Å²) in [6.07, 6.45) is 6.30. The summed E-state index contributed by atoms with van der Waals surface area (Å²) >= 11 is 6.25. The molecule has 128 valence electrons. The van der Waals surface area contributed by atoms with Crippen LogP contribution in [-0.2, 0) is 0 Å². The number of benzene rings is 2. The third-order valence-electron chi connectivity index (χ3n) is 4.67. The van der Waals surface area contributed by atoms with Crippen molar-refractivity contribution in [1.29, 1.82) is 0 Å². The van der Waals surface area contributed by atoms with Crippen LogP contribution in [-0.4, -0.2) is 16.0 Å². The summed E-state index contributed by atoms with van der Waals surface area (Å²) in [5.41, 5.74) is 1.73. The first kappa shape index (κ1) is 16.2. The number of nitrogens with one attached hydrogen (secondary N) is 2. The number of fused-ring (bicyclic) bond motifs is 1. The monoisotopic (exact) mass is 352 g/mol. The molecule has 0 amide bonds. The first-order valence-electron chi connectivity index (χ1n) is 8.84. The lowest BCUT2D eigenvalue weighted by atomic mass is 9.95. The molecule has 1 heterocycles. The Balaban J connectivity index is 1.69. The van der Waals surface area contributed by atoms with Gasteiger partial charge in [-0.25, -0.2) is 4.98 Å². The number of halogens is 1. The molecule has 2 N–H and O–H groups in total. The fourth-order valence-corrected chi connectivity index (χ4v) is 3.55. The number of hydrogen-bond acceptors (Lipinski definition) is 4. The van der Waals surface area contributed by atoms with Crippen LogP contribution in [0.5, 0.6) is 0 Å². The topological polar surface area (TPSA) is 49.8 Å². The zero-order valence-electron chi connectivity index (χ0n) is 14.0. The maximum atomic E-state index is 6.25. The van der Waals surface area contributed by atoms with Crippen LogP contribution in [0.25, 0.3) is 10.9 Å². The molecular formula is C20H21ClN4. The van der Waals surface area contributed by atoms with Crippen molar-refractivity contribution >= 4 is 40.0 Å². The van der Waals surface area contributed by atoms with Crippen LogP contribution in [0, 0.1) is 0 Å². The highest BCUT2D eigenvalue weighted by Crippen LogP contribution is 2.29. The Bertz CT molecular complexity index is 874. The molecular weight excluding hydrogens is 332 g/mol. The summed E-state index contributed by atoms with van der Waals surface area (Å²) < 4.78 is 0. The minimum absolute atomic E-state index is 0.486. The molecule has 1 aliphatic rings. The predicted octanol–water partition coefficient (Wildman–Crippen LogP) is 5.77. The predicted molar refractivity (Wildman–Crippen MR) is 105 cm³/mol. The van der Waals surface area contributed by atoms with Crippen molar-refractivity contribution in [1.82, 2.24) is 9.97 Å². The van der Waals surface area contributed by atoms with Crippen molar-refractivity contribution in [2.24, 2.45) is 0 Å². The molecule has 0 unspecified atom stereocenters. The molecule has 4 rings (SSSR count). The third-order valence-corrected chi connectivity index (χ3v) is 5.00. The summed E-state index contributed by atoms with van der Waals surface area (Å²) in [7, 11) is 0. The van der Waals surface area contributed by atoms with E-state index in [1.54, 1.807) is 0 Å². The molecule has 0 spiro atoms. The number of nitrogens with zero attached hydrogens (tertiary/aromatic N) is 2. The summed E-state index contributed by atoms with van der Waals surface area (Å²) in [6.45, 7) is 0. The lowest BCUT2D eigenvalue weighted by molar-refractivity contribution is 0.462.